The third-order valence-corrected chi connectivity index (χ3v) is 2.44. The van der Waals surface area contributed by atoms with E-state index in [1.807, 2.05) is 30.3 Å². The average Bonchev–Trinajstić information content (AvgIpc) is 2.30. The highest BCUT2D eigenvalue weighted by molar-refractivity contribution is 5.88. The van der Waals surface area contributed by atoms with Crippen LogP contribution < -0.4 is 5.32 Å². The van der Waals surface area contributed by atoms with Gasteiger partial charge >= 0.3 is 0 Å². The van der Waals surface area contributed by atoms with Crippen molar-refractivity contribution in [2.24, 2.45) is 0 Å². The molecule has 86 valence electrons. The number of amides is 1. The highest BCUT2D eigenvalue weighted by atomic mass is 16.3. The number of carbonyl (C=O) groups excluding carboxylic acids is 1. The number of hydrogen-bond donors (Lipinski definition) is 2. The average molecular weight is 219 g/mol. The quantitative estimate of drug-likeness (QED) is 0.755. The number of hydrogen-bond acceptors (Lipinski definition) is 2. The van der Waals surface area contributed by atoms with Crippen LogP contribution in [0.15, 0.2) is 42.5 Å². The van der Waals surface area contributed by atoms with Crippen molar-refractivity contribution in [3.8, 4) is 0 Å². The lowest BCUT2D eigenvalue weighted by Gasteiger charge is -2.28. The van der Waals surface area contributed by atoms with E-state index in [0.29, 0.717) is 0 Å². The van der Waals surface area contributed by atoms with E-state index in [9.17, 15) is 9.90 Å². The van der Waals surface area contributed by atoms with E-state index in [-0.39, 0.29) is 12.5 Å². The van der Waals surface area contributed by atoms with Crippen molar-refractivity contribution in [2.45, 2.75) is 19.4 Å². The van der Waals surface area contributed by atoms with Crippen LogP contribution in [0.5, 0.6) is 0 Å². The molecule has 3 heteroatoms. The number of benzene rings is 1. The predicted octanol–water partition coefficient (Wildman–Crippen LogP) is 1.59. The topological polar surface area (TPSA) is 49.3 Å². The van der Waals surface area contributed by atoms with Crippen molar-refractivity contribution in [3.63, 3.8) is 0 Å². The van der Waals surface area contributed by atoms with Gasteiger partial charge in [-0.25, -0.2) is 0 Å². The van der Waals surface area contributed by atoms with Crippen molar-refractivity contribution in [2.75, 3.05) is 6.61 Å². The summed E-state index contributed by atoms with van der Waals surface area (Å²) in [6.07, 6.45) is 3.11. The summed E-state index contributed by atoms with van der Waals surface area (Å²) in [6.45, 7) is 3.43. The predicted molar refractivity (Wildman–Crippen MR) is 63.8 cm³/mol. The van der Waals surface area contributed by atoms with Crippen molar-refractivity contribution in [1.29, 1.82) is 0 Å². The fourth-order valence-electron chi connectivity index (χ4n) is 1.47. The third kappa shape index (κ3) is 2.94. The van der Waals surface area contributed by atoms with Gasteiger partial charge in [-0.3, -0.25) is 4.79 Å². The Balaban J connectivity index is 2.90. The smallest absolute Gasteiger partial charge is 0.244 e. The molecule has 0 saturated heterocycles. The zero-order valence-corrected chi connectivity index (χ0v) is 9.60. The van der Waals surface area contributed by atoms with Gasteiger partial charge in [-0.15, -0.1) is 0 Å². The molecule has 0 spiro atoms. The molecule has 0 aliphatic carbocycles. The van der Waals surface area contributed by atoms with Crippen molar-refractivity contribution >= 4 is 5.91 Å². The Hall–Kier alpha value is -1.61. The van der Waals surface area contributed by atoms with Gasteiger partial charge in [-0.2, -0.15) is 0 Å². The molecule has 1 aromatic carbocycles. The standard InChI is InChI=1S/C13H17NO2/c1-3-7-12(16)14-13(2,10-15)11-8-5-4-6-9-11/h3-9,15H,10H2,1-2H3,(H,14,16)/b7-3+. The Bertz CT molecular complexity index is 373. The normalized spacial score (nSPS) is 14.7. The molecule has 0 saturated carbocycles. The molecule has 0 bridgehead atoms. The Morgan fingerprint density at radius 1 is 1.44 bits per heavy atom. The second-order valence-electron chi connectivity index (χ2n) is 3.85. The van der Waals surface area contributed by atoms with Crippen LogP contribution in [-0.4, -0.2) is 17.6 Å². The van der Waals surface area contributed by atoms with Gasteiger partial charge in [0, 0.05) is 0 Å². The zero-order valence-electron chi connectivity index (χ0n) is 9.60. The summed E-state index contributed by atoms with van der Waals surface area (Å²) < 4.78 is 0. The van der Waals surface area contributed by atoms with Crippen LogP contribution in [0, 0.1) is 0 Å². The molecule has 3 nitrogen and oxygen atoms in total. The number of aliphatic hydroxyl groups excluding tert-OH is 1. The van der Waals surface area contributed by atoms with E-state index in [1.165, 1.54) is 6.08 Å². The lowest BCUT2D eigenvalue weighted by Crippen LogP contribution is -2.45. The summed E-state index contributed by atoms with van der Waals surface area (Å²) in [5.41, 5.74) is 0.146. The first-order valence-electron chi connectivity index (χ1n) is 5.23. The monoisotopic (exact) mass is 219 g/mol. The molecule has 0 aliphatic heterocycles. The van der Waals surface area contributed by atoms with E-state index >= 15 is 0 Å². The van der Waals surface area contributed by atoms with Gasteiger partial charge in [0.05, 0.1) is 12.1 Å². The molecule has 0 aliphatic rings. The van der Waals surface area contributed by atoms with Crippen LogP contribution in [0.3, 0.4) is 0 Å². The largest absolute Gasteiger partial charge is 0.394 e. The number of aliphatic hydroxyl groups is 1. The lowest BCUT2D eigenvalue weighted by atomic mass is 9.93. The third-order valence-electron chi connectivity index (χ3n) is 2.44. The Morgan fingerprint density at radius 3 is 2.56 bits per heavy atom. The van der Waals surface area contributed by atoms with Crippen molar-refractivity contribution in [1.82, 2.24) is 5.32 Å². The molecule has 0 fully saturated rings. The second-order valence-corrected chi connectivity index (χ2v) is 3.85. The maximum atomic E-state index is 11.5. The molecule has 1 unspecified atom stereocenters. The van der Waals surface area contributed by atoms with Crippen LogP contribution >= 0.6 is 0 Å². The summed E-state index contributed by atoms with van der Waals surface area (Å²) in [6, 6.07) is 9.42. The van der Waals surface area contributed by atoms with E-state index in [0.717, 1.165) is 5.56 Å². The SMILES string of the molecule is C/C=C/C(=O)NC(C)(CO)c1ccccc1. The Morgan fingerprint density at radius 2 is 2.06 bits per heavy atom. The first-order valence-corrected chi connectivity index (χ1v) is 5.23. The maximum absolute atomic E-state index is 11.5. The van der Waals surface area contributed by atoms with Crippen molar-refractivity contribution in [3.05, 3.63) is 48.0 Å². The van der Waals surface area contributed by atoms with Crippen LogP contribution in [0.4, 0.5) is 0 Å². The second kappa shape index (κ2) is 5.47. The summed E-state index contributed by atoms with van der Waals surface area (Å²) in [7, 11) is 0. The van der Waals surface area contributed by atoms with E-state index in [1.54, 1.807) is 19.9 Å². The maximum Gasteiger partial charge on any atom is 0.244 e. The van der Waals surface area contributed by atoms with Crippen LogP contribution in [0.1, 0.15) is 19.4 Å². The minimum absolute atomic E-state index is 0.139. The van der Waals surface area contributed by atoms with E-state index in [4.69, 9.17) is 0 Å². The van der Waals surface area contributed by atoms with Gasteiger partial charge in [-0.1, -0.05) is 36.4 Å². The van der Waals surface area contributed by atoms with Crippen LogP contribution in [0.2, 0.25) is 0 Å². The van der Waals surface area contributed by atoms with Gasteiger partial charge in [0.2, 0.25) is 5.91 Å². The zero-order chi connectivity index (χ0) is 12.0. The molecule has 1 rings (SSSR count). The van der Waals surface area contributed by atoms with Gasteiger partial charge in [0.15, 0.2) is 0 Å². The minimum Gasteiger partial charge on any atom is -0.394 e. The Labute approximate surface area is 95.8 Å². The first kappa shape index (κ1) is 12.5. The summed E-state index contributed by atoms with van der Waals surface area (Å²) in [5.74, 6) is -0.206. The molecular weight excluding hydrogens is 202 g/mol. The van der Waals surface area contributed by atoms with Gasteiger partial charge < -0.3 is 10.4 Å². The summed E-state index contributed by atoms with van der Waals surface area (Å²) >= 11 is 0. The van der Waals surface area contributed by atoms with Crippen molar-refractivity contribution < 1.29 is 9.90 Å². The van der Waals surface area contributed by atoms with E-state index < -0.39 is 5.54 Å². The molecule has 1 atom stereocenters. The minimum atomic E-state index is -0.738. The molecular formula is C13H17NO2. The fourth-order valence-corrected chi connectivity index (χ4v) is 1.47. The highest BCUT2D eigenvalue weighted by Gasteiger charge is 2.26. The number of allylic oxidation sites excluding steroid dienone is 1. The van der Waals surface area contributed by atoms with Crippen LogP contribution in [0.25, 0.3) is 0 Å². The highest BCUT2D eigenvalue weighted by Crippen LogP contribution is 2.19. The summed E-state index contributed by atoms with van der Waals surface area (Å²) in [4.78, 5) is 11.5. The molecule has 2 N–H and O–H groups in total. The van der Waals surface area contributed by atoms with Crippen LogP contribution in [-0.2, 0) is 10.3 Å². The molecule has 0 radical (unpaired) electrons. The fraction of sp³-hybridized carbons (Fsp3) is 0.308. The summed E-state index contributed by atoms with van der Waals surface area (Å²) in [5, 5.41) is 12.2. The first-order chi connectivity index (χ1) is 7.62. The molecule has 0 aromatic heterocycles. The number of rotatable bonds is 4. The molecule has 16 heavy (non-hydrogen) atoms. The Kier molecular flexibility index (Phi) is 4.26. The van der Waals surface area contributed by atoms with Gasteiger partial charge in [0.1, 0.15) is 0 Å². The molecule has 1 amide bonds. The van der Waals surface area contributed by atoms with E-state index in [2.05, 4.69) is 5.32 Å². The number of carbonyl (C=O) groups is 1. The molecule has 0 heterocycles. The van der Waals surface area contributed by atoms with Gasteiger partial charge in [0.25, 0.3) is 0 Å². The van der Waals surface area contributed by atoms with Gasteiger partial charge in [-0.05, 0) is 25.5 Å². The number of nitrogens with one attached hydrogen (secondary N) is 1. The molecule has 1 aromatic rings. The lowest BCUT2D eigenvalue weighted by molar-refractivity contribution is -0.118.